The number of hydrogen-bond donors (Lipinski definition) is 1. The van der Waals surface area contributed by atoms with Gasteiger partial charge in [0.2, 0.25) is 5.91 Å². The van der Waals surface area contributed by atoms with Gasteiger partial charge in [0, 0.05) is 22.8 Å². The van der Waals surface area contributed by atoms with E-state index in [0.29, 0.717) is 11.3 Å². The number of halogens is 3. The minimum absolute atomic E-state index is 0.275. The standard InChI is InChI=1S/C20H17F3N2O/c1-3-19(26)24-17-7-8-18-15(12-17)9-10-25(18)13(2)14-5-4-6-16(11-14)20(21,22)23/h3-13H,1H2,2H3,(H,24,26). The van der Waals surface area contributed by atoms with Gasteiger partial charge in [0.1, 0.15) is 0 Å². The van der Waals surface area contributed by atoms with Crippen molar-refractivity contribution in [3.8, 4) is 0 Å². The molecular formula is C20H17F3N2O. The lowest BCUT2D eigenvalue weighted by Crippen LogP contribution is -2.09. The van der Waals surface area contributed by atoms with Crippen LogP contribution >= 0.6 is 0 Å². The summed E-state index contributed by atoms with van der Waals surface area (Å²) >= 11 is 0. The number of rotatable bonds is 4. The SMILES string of the molecule is C=CC(=O)Nc1ccc2c(ccn2C(C)c2cccc(C(F)(F)F)c2)c1. The molecule has 1 amide bonds. The Morgan fingerprint density at radius 3 is 2.65 bits per heavy atom. The molecule has 3 rings (SSSR count). The first-order valence-electron chi connectivity index (χ1n) is 8.01. The third-order valence-corrected chi connectivity index (χ3v) is 4.29. The third-order valence-electron chi connectivity index (χ3n) is 4.29. The second-order valence-corrected chi connectivity index (χ2v) is 5.99. The molecule has 0 spiro atoms. The number of benzene rings is 2. The summed E-state index contributed by atoms with van der Waals surface area (Å²) in [5.41, 5.74) is 1.41. The minimum atomic E-state index is -4.37. The number of carbonyl (C=O) groups excluding carboxylic acids is 1. The number of alkyl halides is 3. The van der Waals surface area contributed by atoms with Crippen molar-refractivity contribution in [1.82, 2.24) is 4.57 Å². The summed E-state index contributed by atoms with van der Waals surface area (Å²) in [4.78, 5) is 11.4. The predicted octanol–water partition coefficient (Wildman–Crippen LogP) is 5.39. The smallest absolute Gasteiger partial charge is 0.340 e. The third kappa shape index (κ3) is 3.49. The highest BCUT2D eigenvalue weighted by Crippen LogP contribution is 2.32. The van der Waals surface area contributed by atoms with E-state index in [2.05, 4.69) is 11.9 Å². The van der Waals surface area contributed by atoms with E-state index in [1.807, 2.05) is 35.9 Å². The quantitative estimate of drug-likeness (QED) is 0.623. The fraction of sp³-hybridized carbons (Fsp3) is 0.150. The Morgan fingerprint density at radius 2 is 1.96 bits per heavy atom. The number of anilines is 1. The number of nitrogens with one attached hydrogen (secondary N) is 1. The summed E-state index contributed by atoms with van der Waals surface area (Å²) < 4.78 is 40.8. The highest BCUT2D eigenvalue weighted by molar-refractivity contribution is 6.00. The van der Waals surface area contributed by atoms with Crippen molar-refractivity contribution in [3.63, 3.8) is 0 Å². The zero-order chi connectivity index (χ0) is 18.9. The van der Waals surface area contributed by atoms with Crippen LogP contribution in [0.25, 0.3) is 10.9 Å². The average molecular weight is 358 g/mol. The number of carbonyl (C=O) groups is 1. The summed E-state index contributed by atoms with van der Waals surface area (Å²) in [5.74, 6) is -0.305. The van der Waals surface area contributed by atoms with Gasteiger partial charge in [-0.25, -0.2) is 0 Å². The van der Waals surface area contributed by atoms with Crippen molar-refractivity contribution in [2.24, 2.45) is 0 Å². The van der Waals surface area contributed by atoms with Gasteiger partial charge in [0.05, 0.1) is 11.6 Å². The second kappa shape index (κ2) is 6.71. The van der Waals surface area contributed by atoms with Gasteiger partial charge in [-0.3, -0.25) is 4.79 Å². The van der Waals surface area contributed by atoms with Gasteiger partial charge in [0.25, 0.3) is 0 Å². The number of nitrogens with zero attached hydrogens (tertiary/aromatic N) is 1. The van der Waals surface area contributed by atoms with E-state index in [1.165, 1.54) is 18.2 Å². The molecule has 0 aliphatic carbocycles. The van der Waals surface area contributed by atoms with E-state index in [-0.39, 0.29) is 11.9 Å². The van der Waals surface area contributed by atoms with E-state index in [0.717, 1.165) is 17.0 Å². The molecule has 0 saturated carbocycles. The number of amides is 1. The van der Waals surface area contributed by atoms with E-state index in [9.17, 15) is 18.0 Å². The summed E-state index contributed by atoms with van der Waals surface area (Å²) in [6.45, 7) is 5.26. The largest absolute Gasteiger partial charge is 0.416 e. The van der Waals surface area contributed by atoms with Crippen molar-refractivity contribution >= 4 is 22.5 Å². The Labute approximate surface area is 148 Å². The minimum Gasteiger partial charge on any atom is -0.340 e. The van der Waals surface area contributed by atoms with Crippen LogP contribution in [0.5, 0.6) is 0 Å². The summed E-state index contributed by atoms with van der Waals surface area (Å²) in [6.07, 6.45) is -1.35. The zero-order valence-corrected chi connectivity index (χ0v) is 14.0. The highest BCUT2D eigenvalue weighted by Gasteiger charge is 2.30. The van der Waals surface area contributed by atoms with Crippen LogP contribution in [0.4, 0.5) is 18.9 Å². The predicted molar refractivity (Wildman–Crippen MR) is 96.0 cm³/mol. The Hall–Kier alpha value is -3.02. The molecule has 6 heteroatoms. The molecule has 0 aliphatic heterocycles. The average Bonchev–Trinajstić information content (AvgIpc) is 3.03. The van der Waals surface area contributed by atoms with Crippen LogP contribution in [0.15, 0.2) is 67.4 Å². The van der Waals surface area contributed by atoms with Gasteiger partial charge >= 0.3 is 6.18 Å². The lowest BCUT2D eigenvalue weighted by Gasteiger charge is -2.18. The van der Waals surface area contributed by atoms with E-state index >= 15 is 0 Å². The van der Waals surface area contributed by atoms with Crippen LogP contribution in [-0.2, 0) is 11.0 Å². The van der Waals surface area contributed by atoms with E-state index in [1.54, 1.807) is 12.1 Å². The highest BCUT2D eigenvalue weighted by atomic mass is 19.4. The maximum Gasteiger partial charge on any atom is 0.416 e. The maximum atomic E-state index is 13.0. The van der Waals surface area contributed by atoms with Crippen molar-refractivity contribution < 1.29 is 18.0 Å². The maximum absolute atomic E-state index is 13.0. The van der Waals surface area contributed by atoms with E-state index in [4.69, 9.17) is 0 Å². The Morgan fingerprint density at radius 1 is 1.19 bits per heavy atom. The van der Waals surface area contributed by atoms with Crippen LogP contribution in [0.2, 0.25) is 0 Å². The van der Waals surface area contributed by atoms with Crippen molar-refractivity contribution in [2.75, 3.05) is 5.32 Å². The normalized spacial score (nSPS) is 12.8. The molecule has 2 aromatic carbocycles. The molecule has 3 nitrogen and oxygen atoms in total. The molecule has 0 aliphatic rings. The van der Waals surface area contributed by atoms with Gasteiger partial charge < -0.3 is 9.88 Å². The molecule has 1 heterocycles. The fourth-order valence-corrected chi connectivity index (χ4v) is 2.91. The first-order valence-corrected chi connectivity index (χ1v) is 8.01. The molecule has 26 heavy (non-hydrogen) atoms. The second-order valence-electron chi connectivity index (χ2n) is 5.99. The van der Waals surface area contributed by atoms with Crippen molar-refractivity contribution in [3.05, 3.63) is 78.5 Å². The molecule has 0 saturated heterocycles. The molecule has 3 aromatic rings. The number of hydrogen-bond acceptors (Lipinski definition) is 1. The Kier molecular flexibility index (Phi) is 4.59. The topological polar surface area (TPSA) is 34.0 Å². The Balaban J connectivity index is 1.95. The van der Waals surface area contributed by atoms with E-state index < -0.39 is 11.7 Å². The molecule has 0 fully saturated rings. The molecule has 1 unspecified atom stereocenters. The molecule has 1 aromatic heterocycles. The van der Waals surface area contributed by atoms with Crippen LogP contribution in [0.1, 0.15) is 24.1 Å². The first-order chi connectivity index (χ1) is 12.3. The molecule has 1 atom stereocenters. The van der Waals surface area contributed by atoms with Gasteiger partial charge in [-0.05, 0) is 55.0 Å². The zero-order valence-electron chi connectivity index (χ0n) is 14.0. The summed E-state index contributed by atoms with van der Waals surface area (Å²) in [5, 5.41) is 3.57. The van der Waals surface area contributed by atoms with Crippen LogP contribution < -0.4 is 5.32 Å². The van der Waals surface area contributed by atoms with Gasteiger partial charge in [0.15, 0.2) is 0 Å². The van der Waals surface area contributed by atoms with Crippen LogP contribution in [-0.4, -0.2) is 10.5 Å². The van der Waals surface area contributed by atoms with Gasteiger partial charge in [-0.2, -0.15) is 13.2 Å². The molecule has 1 N–H and O–H groups in total. The first kappa shape index (κ1) is 17.8. The molecule has 0 radical (unpaired) electrons. The fourth-order valence-electron chi connectivity index (χ4n) is 2.91. The Bertz CT molecular complexity index is 973. The summed E-state index contributed by atoms with van der Waals surface area (Å²) in [6, 6.07) is 12.3. The van der Waals surface area contributed by atoms with Crippen molar-refractivity contribution in [2.45, 2.75) is 19.1 Å². The number of aromatic nitrogens is 1. The summed E-state index contributed by atoms with van der Waals surface area (Å²) in [7, 11) is 0. The van der Waals surface area contributed by atoms with Crippen LogP contribution in [0, 0.1) is 0 Å². The molecular weight excluding hydrogens is 341 g/mol. The van der Waals surface area contributed by atoms with Crippen LogP contribution in [0.3, 0.4) is 0 Å². The lowest BCUT2D eigenvalue weighted by molar-refractivity contribution is -0.137. The molecule has 134 valence electrons. The monoisotopic (exact) mass is 358 g/mol. The lowest BCUT2D eigenvalue weighted by atomic mass is 10.0. The van der Waals surface area contributed by atoms with Gasteiger partial charge in [-0.15, -0.1) is 0 Å². The van der Waals surface area contributed by atoms with Gasteiger partial charge in [-0.1, -0.05) is 18.7 Å². The van der Waals surface area contributed by atoms with Crippen molar-refractivity contribution in [1.29, 1.82) is 0 Å². The molecule has 0 bridgehead atoms. The number of fused-ring (bicyclic) bond motifs is 1.